The van der Waals surface area contributed by atoms with E-state index in [0.29, 0.717) is 29.0 Å². The monoisotopic (exact) mass is 358 g/mol. The van der Waals surface area contributed by atoms with Crippen molar-refractivity contribution in [2.24, 2.45) is 5.10 Å². The quantitative estimate of drug-likeness (QED) is 0.593. The summed E-state index contributed by atoms with van der Waals surface area (Å²) >= 11 is 0. The zero-order valence-electron chi connectivity index (χ0n) is 15.8. The van der Waals surface area contributed by atoms with Crippen LogP contribution in [0.3, 0.4) is 0 Å². The van der Waals surface area contributed by atoms with Gasteiger partial charge in [-0.15, -0.1) is 0 Å². The second kappa shape index (κ2) is 7.88. The number of anilines is 2. The molecular weight excluding hydrogens is 336 g/mol. The number of allylic oxidation sites excluding steroid dienone is 1. The van der Waals surface area contributed by atoms with Gasteiger partial charge in [0, 0.05) is 19.8 Å². The highest BCUT2D eigenvalue weighted by Gasteiger charge is 2.33. The fraction of sp³-hybridized carbons (Fsp3) is 0.227. The summed E-state index contributed by atoms with van der Waals surface area (Å²) in [4.78, 5) is 15.1. The number of nitrogens with zero attached hydrogens (tertiary/aromatic N) is 4. The minimum absolute atomic E-state index is 0.252. The molecule has 0 radical (unpaired) electrons. The Morgan fingerprint density at radius 1 is 1.11 bits per heavy atom. The molecule has 2 aromatic rings. The number of rotatable bonds is 5. The van der Waals surface area contributed by atoms with Gasteiger partial charge in [-0.1, -0.05) is 43.7 Å². The van der Waals surface area contributed by atoms with Crippen molar-refractivity contribution in [1.82, 2.24) is 0 Å². The van der Waals surface area contributed by atoms with Crippen LogP contribution in [-0.2, 0) is 4.79 Å². The van der Waals surface area contributed by atoms with Gasteiger partial charge in [-0.2, -0.15) is 15.4 Å². The topological polar surface area (TPSA) is 59.7 Å². The zero-order chi connectivity index (χ0) is 19.4. The highest BCUT2D eigenvalue weighted by Crippen LogP contribution is 2.31. The third kappa shape index (κ3) is 3.61. The SMILES string of the molecule is CCCC1=NN(c2ccccc2)C(=O)/C1=C(\C#N)c1ccc(N(C)C)cc1. The number of carbonyl (C=O) groups is 1. The van der Waals surface area contributed by atoms with Crippen molar-refractivity contribution in [3.8, 4) is 6.07 Å². The molecule has 0 fully saturated rings. The maximum absolute atomic E-state index is 13.1. The van der Waals surface area contributed by atoms with Crippen molar-refractivity contribution < 1.29 is 4.79 Å². The van der Waals surface area contributed by atoms with Crippen LogP contribution in [0, 0.1) is 11.3 Å². The molecule has 1 heterocycles. The third-order valence-electron chi connectivity index (χ3n) is 4.44. The molecule has 0 unspecified atom stereocenters. The first-order valence-corrected chi connectivity index (χ1v) is 8.96. The Morgan fingerprint density at radius 3 is 2.33 bits per heavy atom. The van der Waals surface area contributed by atoms with E-state index in [-0.39, 0.29) is 5.91 Å². The summed E-state index contributed by atoms with van der Waals surface area (Å²) < 4.78 is 0. The highest BCUT2D eigenvalue weighted by molar-refractivity contribution is 6.35. The summed E-state index contributed by atoms with van der Waals surface area (Å²) in [6.45, 7) is 2.04. The van der Waals surface area contributed by atoms with Gasteiger partial charge < -0.3 is 4.90 Å². The van der Waals surface area contributed by atoms with Crippen molar-refractivity contribution in [2.45, 2.75) is 19.8 Å². The summed E-state index contributed by atoms with van der Waals surface area (Å²) in [5.74, 6) is -0.252. The van der Waals surface area contributed by atoms with Crippen molar-refractivity contribution in [3.63, 3.8) is 0 Å². The molecule has 0 saturated heterocycles. The minimum Gasteiger partial charge on any atom is -0.378 e. The molecular formula is C22H22N4O. The molecule has 5 heteroatoms. The van der Waals surface area contributed by atoms with Gasteiger partial charge in [0.15, 0.2) is 0 Å². The van der Waals surface area contributed by atoms with Gasteiger partial charge in [0.25, 0.3) is 5.91 Å². The lowest BCUT2D eigenvalue weighted by Gasteiger charge is -2.13. The van der Waals surface area contributed by atoms with Gasteiger partial charge in [-0.25, -0.2) is 0 Å². The summed E-state index contributed by atoms with van der Waals surface area (Å²) in [5.41, 5.74) is 3.90. The molecule has 3 rings (SSSR count). The van der Waals surface area contributed by atoms with E-state index in [1.165, 1.54) is 5.01 Å². The Labute approximate surface area is 159 Å². The first-order valence-electron chi connectivity index (χ1n) is 8.96. The van der Waals surface area contributed by atoms with Crippen LogP contribution in [0.15, 0.2) is 65.3 Å². The summed E-state index contributed by atoms with van der Waals surface area (Å²) in [5, 5.41) is 15.8. The average Bonchev–Trinajstić information content (AvgIpc) is 3.00. The van der Waals surface area contributed by atoms with Crippen LogP contribution >= 0.6 is 0 Å². The van der Waals surface area contributed by atoms with Crippen molar-refractivity contribution in [1.29, 1.82) is 5.26 Å². The molecule has 0 bridgehead atoms. The molecule has 1 amide bonds. The predicted molar refractivity (Wildman–Crippen MR) is 110 cm³/mol. The molecule has 0 saturated carbocycles. The van der Waals surface area contributed by atoms with Gasteiger partial charge >= 0.3 is 0 Å². The molecule has 0 aliphatic carbocycles. The number of hydrogen-bond acceptors (Lipinski definition) is 4. The van der Waals surface area contributed by atoms with Crippen LogP contribution in [0.1, 0.15) is 25.3 Å². The Kier molecular flexibility index (Phi) is 5.37. The maximum Gasteiger partial charge on any atom is 0.282 e. The van der Waals surface area contributed by atoms with Crippen molar-refractivity contribution in [3.05, 3.63) is 65.7 Å². The van der Waals surface area contributed by atoms with E-state index in [2.05, 4.69) is 11.2 Å². The molecule has 1 aliphatic heterocycles. The number of para-hydroxylation sites is 1. The molecule has 27 heavy (non-hydrogen) atoms. The van der Waals surface area contributed by atoms with E-state index >= 15 is 0 Å². The molecule has 5 nitrogen and oxygen atoms in total. The number of benzene rings is 2. The Morgan fingerprint density at radius 2 is 1.78 bits per heavy atom. The first kappa shape index (κ1) is 18.4. The van der Waals surface area contributed by atoms with Crippen molar-refractivity contribution >= 4 is 28.6 Å². The van der Waals surface area contributed by atoms with Gasteiger partial charge in [0.1, 0.15) is 6.07 Å². The van der Waals surface area contributed by atoms with E-state index in [1.807, 2.05) is 80.5 Å². The molecule has 0 atom stereocenters. The summed E-state index contributed by atoms with van der Waals surface area (Å²) in [6, 6.07) is 19.2. The van der Waals surface area contributed by atoms with Crippen LogP contribution in [0.25, 0.3) is 5.57 Å². The highest BCUT2D eigenvalue weighted by atomic mass is 16.2. The van der Waals surface area contributed by atoms with Crippen LogP contribution in [0.5, 0.6) is 0 Å². The minimum atomic E-state index is -0.252. The molecule has 1 aliphatic rings. The molecule has 0 aromatic heterocycles. The number of amides is 1. The van der Waals surface area contributed by atoms with Crippen LogP contribution in [-0.4, -0.2) is 25.7 Å². The summed E-state index contributed by atoms with van der Waals surface area (Å²) in [7, 11) is 3.92. The number of carbonyl (C=O) groups excluding carboxylic acids is 1. The summed E-state index contributed by atoms with van der Waals surface area (Å²) in [6.07, 6.45) is 1.49. The second-order valence-corrected chi connectivity index (χ2v) is 6.55. The number of hydrogen-bond donors (Lipinski definition) is 0. The number of hydrazone groups is 1. The Hall–Kier alpha value is -3.39. The van der Waals surface area contributed by atoms with E-state index in [4.69, 9.17) is 0 Å². The second-order valence-electron chi connectivity index (χ2n) is 6.55. The smallest absolute Gasteiger partial charge is 0.282 e. The molecule has 2 aromatic carbocycles. The maximum atomic E-state index is 13.1. The Bertz CT molecular complexity index is 935. The van der Waals surface area contributed by atoms with E-state index < -0.39 is 0 Å². The molecule has 0 N–H and O–H groups in total. The standard InChI is InChI=1S/C22H22N4O/c1-4-8-20-21(22(27)26(24-20)18-9-6-5-7-10-18)19(15-23)16-11-13-17(14-12-16)25(2)3/h5-7,9-14H,4,8H2,1-3H3/b21-19+. The van der Waals surface area contributed by atoms with Gasteiger partial charge in [0.05, 0.1) is 22.5 Å². The lowest BCUT2D eigenvalue weighted by molar-refractivity contribution is -0.114. The van der Waals surface area contributed by atoms with Gasteiger partial charge in [-0.3, -0.25) is 4.79 Å². The van der Waals surface area contributed by atoms with E-state index in [9.17, 15) is 10.1 Å². The van der Waals surface area contributed by atoms with Gasteiger partial charge in [0.2, 0.25) is 0 Å². The third-order valence-corrected chi connectivity index (χ3v) is 4.44. The van der Waals surface area contributed by atoms with Crippen LogP contribution in [0.4, 0.5) is 11.4 Å². The molecule has 0 spiro atoms. The predicted octanol–water partition coefficient (Wildman–Crippen LogP) is 4.23. The average molecular weight is 358 g/mol. The van der Waals surface area contributed by atoms with E-state index in [1.54, 1.807) is 0 Å². The van der Waals surface area contributed by atoms with E-state index in [0.717, 1.165) is 17.7 Å². The lowest BCUT2D eigenvalue weighted by atomic mass is 9.95. The largest absolute Gasteiger partial charge is 0.378 e. The molecule has 136 valence electrons. The van der Waals surface area contributed by atoms with Crippen LogP contribution < -0.4 is 9.91 Å². The van der Waals surface area contributed by atoms with Crippen LogP contribution in [0.2, 0.25) is 0 Å². The normalized spacial score (nSPS) is 15.4. The fourth-order valence-corrected chi connectivity index (χ4v) is 3.04. The lowest BCUT2D eigenvalue weighted by Crippen LogP contribution is -2.22. The van der Waals surface area contributed by atoms with Gasteiger partial charge in [-0.05, 0) is 36.2 Å². The number of nitriles is 1. The van der Waals surface area contributed by atoms with Crippen molar-refractivity contribution in [2.75, 3.05) is 24.0 Å². The fourth-order valence-electron chi connectivity index (χ4n) is 3.04. The Balaban J connectivity index is 2.09. The zero-order valence-corrected chi connectivity index (χ0v) is 15.8. The first-order chi connectivity index (χ1) is 13.1.